The molecule has 0 spiro atoms. The van der Waals surface area contributed by atoms with Crippen molar-refractivity contribution < 1.29 is 18.0 Å². The second kappa shape index (κ2) is 6.32. The molecule has 2 aromatic rings. The molecule has 154 valence electrons. The van der Waals surface area contributed by atoms with Crippen LogP contribution in [-0.4, -0.2) is 70.0 Å². The van der Waals surface area contributed by atoms with Crippen LogP contribution in [0.1, 0.15) is 16.8 Å². The minimum absolute atomic E-state index is 0.118. The first-order valence-corrected chi connectivity index (χ1v) is 9.23. The van der Waals surface area contributed by atoms with Gasteiger partial charge < -0.3 is 20.5 Å². The number of halogens is 3. The molecule has 2 bridgehead atoms. The number of piperazine rings is 1. The van der Waals surface area contributed by atoms with Crippen LogP contribution < -0.4 is 21.0 Å². The Morgan fingerprint density at radius 3 is 2.76 bits per heavy atom. The Hall–Kier alpha value is -2.86. The van der Waals surface area contributed by atoms with Gasteiger partial charge in [-0.25, -0.2) is 14.9 Å². The molecule has 0 saturated carbocycles. The Morgan fingerprint density at radius 1 is 1.31 bits per heavy atom. The molecule has 9 nitrogen and oxygen atoms in total. The zero-order chi connectivity index (χ0) is 20.3. The number of anilines is 1. The average Bonchev–Trinajstić information content (AvgIpc) is 3.25. The van der Waals surface area contributed by atoms with Crippen LogP contribution in [0.2, 0.25) is 0 Å². The molecular weight excluding hydrogens is 389 g/mol. The van der Waals surface area contributed by atoms with Crippen molar-refractivity contribution in [3.8, 4) is 0 Å². The van der Waals surface area contributed by atoms with Crippen molar-refractivity contribution in [1.29, 1.82) is 0 Å². The molecule has 29 heavy (non-hydrogen) atoms. The molecule has 0 aliphatic carbocycles. The number of fused-ring (bicyclic) bond motifs is 3. The van der Waals surface area contributed by atoms with E-state index in [4.69, 9.17) is 0 Å². The smallest absolute Gasteiger partial charge is 0.348 e. The predicted molar refractivity (Wildman–Crippen MR) is 96.8 cm³/mol. The molecular formula is C17H19F3N8O. The van der Waals surface area contributed by atoms with Crippen molar-refractivity contribution in [3.63, 3.8) is 0 Å². The monoisotopic (exact) mass is 408 g/mol. The number of alkyl halides is 3. The summed E-state index contributed by atoms with van der Waals surface area (Å²) < 4.78 is 41.1. The van der Waals surface area contributed by atoms with Crippen LogP contribution in [0.5, 0.6) is 0 Å². The summed E-state index contributed by atoms with van der Waals surface area (Å²) in [6, 6.07) is 0.586. The van der Waals surface area contributed by atoms with Gasteiger partial charge in [0.15, 0.2) is 11.7 Å². The van der Waals surface area contributed by atoms with Crippen molar-refractivity contribution in [2.45, 2.75) is 30.7 Å². The first-order valence-electron chi connectivity index (χ1n) is 9.23. The van der Waals surface area contributed by atoms with Gasteiger partial charge in [0.25, 0.3) is 5.91 Å². The van der Waals surface area contributed by atoms with E-state index in [2.05, 4.69) is 31.0 Å². The number of carbonyl (C=O) groups excluding carboxylic acids is 1. The van der Waals surface area contributed by atoms with E-state index in [-0.39, 0.29) is 11.3 Å². The van der Waals surface area contributed by atoms with E-state index < -0.39 is 18.1 Å². The molecule has 2 fully saturated rings. The van der Waals surface area contributed by atoms with Gasteiger partial charge in [0.05, 0.1) is 11.9 Å². The van der Waals surface area contributed by atoms with Crippen LogP contribution >= 0.6 is 0 Å². The Morgan fingerprint density at radius 2 is 2.07 bits per heavy atom. The Bertz CT molecular complexity index is 988. The maximum atomic E-state index is 13.2. The van der Waals surface area contributed by atoms with E-state index in [1.807, 2.05) is 6.07 Å². The molecule has 2 saturated heterocycles. The van der Waals surface area contributed by atoms with E-state index in [0.717, 1.165) is 30.3 Å². The summed E-state index contributed by atoms with van der Waals surface area (Å²) in [5.74, 6) is 0.0529. The summed E-state index contributed by atoms with van der Waals surface area (Å²) in [6.07, 6.45) is 0.780. The standard InChI is InChI=1S/C17H19F3N8O/c1-26-8-12(14(25-26)17(18,19)20)23-16(29)11-7-22-27-3-2-13(24-15(11)27)28-9-4-10(28)6-21-5-9/h2-3,7-10,14,21,25H,4-6H2,1H3,(H,23,29). The van der Waals surface area contributed by atoms with E-state index in [1.165, 1.54) is 24.0 Å². The van der Waals surface area contributed by atoms with E-state index in [1.54, 1.807) is 6.20 Å². The molecule has 3 aliphatic rings. The van der Waals surface area contributed by atoms with E-state index in [0.29, 0.717) is 17.7 Å². The van der Waals surface area contributed by atoms with Crippen molar-refractivity contribution in [2.75, 3.05) is 25.0 Å². The highest BCUT2D eigenvalue weighted by Gasteiger charge is 2.46. The molecule has 3 aliphatic heterocycles. The highest BCUT2D eigenvalue weighted by atomic mass is 19.4. The number of hydrazine groups is 1. The topological polar surface area (TPSA) is 89.8 Å². The first kappa shape index (κ1) is 18.2. The van der Waals surface area contributed by atoms with Crippen LogP contribution in [-0.2, 0) is 0 Å². The second-order valence-corrected chi connectivity index (χ2v) is 7.47. The summed E-state index contributed by atoms with van der Waals surface area (Å²) >= 11 is 0. The quantitative estimate of drug-likeness (QED) is 0.670. The number of nitrogens with one attached hydrogen (secondary N) is 3. The van der Waals surface area contributed by atoms with Crippen molar-refractivity contribution in [3.05, 3.63) is 35.9 Å². The number of carbonyl (C=O) groups is 1. The van der Waals surface area contributed by atoms with Gasteiger partial charge in [0.2, 0.25) is 0 Å². The minimum atomic E-state index is -4.54. The molecule has 0 radical (unpaired) electrons. The molecule has 0 aromatic carbocycles. The summed E-state index contributed by atoms with van der Waals surface area (Å²) in [5, 5.41) is 11.0. The first-order chi connectivity index (χ1) is 13.8. The van der Waals surface area contributed by atoms with E-state index in [9.17, 15) is 18.0 Å². The highest BCUT2D eigenvalue weighted by Crippen LogP contribution is 2.33. The van der Waals surface area contributed by atoms with Gasteiger partial charge in [-0.2, -0.15) is 18.3 Å². The van der Waals surface area contributed by atoms with Crippen LogP contribution in [0.4, 0.5) is 19.0 Å². The van der Waals surface area contributed by atoms with Gasteiger partial charge in [-0.1, -0.05) is 0 Å². The zero-order valence-electron chi connectivity index (χ0n) is 15.4. The molecule has 3 atom stereocenters. The molecule has 12 heteroatoms. The lowest BCUT2D eigenvalue weighted by molar-refractivity contribution is -0.151. The number of rotatable bonds is 3. The Labute approximate surface area is 163 Å². The molecule has 1 amide bonds. The van der Waals surface area contributed by atoms with Gasteiger partial charge in [-0.3, -0.25) is 4.79 Å². The lowest BCUT2D eigenvalue weighted by atomic mass is 9.89. The third-order valence-electron chi connectivity index (χ3n) is 5.52. The predicted octanol–water partition coefficient (Wildman–Crippen LogP) is 0.232. The third-order valence-corrected chi connectivity index (χ3v) is 5.52. The number of nitrogens with zero attached hydrogens (tertiary/aromatic N) is 5. The number of amides is 1. The zero-order valence-corrected chi connectivity index (χ0v) is 15.4. The van der Waals surface area contributed by atoms with Crippen molar-refractivity contribution in [1.82, 2.24) is 35.7 Å². The minimum Gasteiger partial charge on any atom is -0.348 e. The number of piperidine rings is 1. The third kappa shape index (κ3) is 2.99. The van der Waals surface area contributed by atoms with Gasteiger partial charge in [-0.15, -0.1) is 0 Å². The molecule has 5 heterocycles. The molecule has 5 rings (SSSR count). The Kier molecular flexibility index (Phi) is 3.96. The van der Waals surface area contributed by atoms with Gasteiger partial charge in [-0.05, 0) is 12.5 Å². The summed E-state index contributed by atoms with van der Waals surface area (Å²) in [4.78, 5) is 19.5. The number of hydrogen-bond acceptors (Lipinski definition) is 7. The molecule has 3 N–H and O–H groups in total. The highest BCUT2D eigenvalue weighted by molar-refractivity contribution is 6.00. The van der Waals surface area contributed by atoms with Crippen molar-refractivity contribution >= 4 is 17.4 Å². The molecule has 3 unspecified atom stereocenters. The summed E-state index contributed by atoms with van der Waals surface area (Å²) in [7, 11) is 1.43. The SMILES string of the molecule is CN1C=C(NC(=O)c2cnn3ccc(N4C5CNCC4C5)nc23)C(C(F)(F)F)N1. The fraction of sp³-hybridized carbons (Fsp3) is 0.471. The van der Waals surface area contributed by atoms with Gasteiger partial charge in [0.1, 0.15) is 11.4 Å². The summed E-state index contributed by atoms with van der Waals surface area (Å²) in [5.41, 5.74) is 2.40. The van der Waals surface area contributed by atoms with Crippen LogP contribution in [0.3, 0.4) is 0 Å². The van der Waals surface area contributed by atoms with Gasteiger partial charge >= 0.3 is 6.18 Å². The fourth-order valence-electron chi connectivity index (χ4n) is 4.16. The van der Waals surface area contributed by atoms with Gasteiger partial charge in [0, 0.05) is 44.6 Å². The normalized spacial score (nSPS) is 26.5. The maximum Gasteiger partial charge on any atom is 0.411 e. The largest absolute Gasteiger partial charge is 0.411 e. The Balaban J connectivity index is 1.42. The van der Waals surface area contributed by atoms with Crippen LogP contribution in [0.15, 0.2) is 30.4 Å². The lowest BCUT2D eigenvalue weighted by Crippen LogP contribution is -2.68. The van der Waals surface area contributed by atoms with E-state index >= 15 is 0 Å². The van der Waals surface area contributed by atoms with Crippen LogP contribution in [0.25, 0.3) is 5.65 Å². The second-order valence-electron chi connectivity index (χ2n) is 7.47. The number of hydrogen-bond donors (Lipinski definition) is 3. The summed E-state index contributed by atoms with van der Waals surface area (Å²) in [6.45, 7) is 1.76. The van der Waals surface area contributed by atoms with Crippen molar-refractivity contribution in [2.24, 2.45) is 0 Å². The van der Waals surface area contributed by atoms with Crippen LogP contribution in [0, 0.1) is 0 Å². The average molecular weight is 408 g/mol. The number of aromatic nitrogens is 3. The maximum absolute atomic E-state index is 13.2. The molecule has 2 aromatic heterocycles. The lowest BCUT2D eigenvalue weighted by Gasteiger charge is -2.53. The fourth-order valence-corrected chi connectivity index (χ4v) is 4.16.